The van der Waals surface area contributed by atoms with E-state index >= 15 is 0 Å². The van der Waals surface area contributed by atoms with E-state index in [1.807, 2.05) is 20.8 Å². The standard InChI is InChI=1S/C14H19ClN2O2/c1-5-10(3)16-17-14(18)11(4)19-13-7-6-12(15)8-9(13)2/h6-8,11H,5H2,1-4H3,(H,17,18)/b16-10-/t11-/m1/s1. The van der Waals surface area contributed by atoms with Crippen LogP contribution in [0.15, 0.2) is 23.3 Å². The number of hydrogen-bond donors (Lipinski definition) is 1. The predicted octanol–water partition coefficient (Wildman–Crippen LogP) is 3.32. The van der Waals surface area contributed by atoms with Gasteiger partial charge in [-0.1, -0.05) is 18.5 Å². The average molecular weight is 283 g/mol. The summed E-state index contributed by atoms with van der Waals surface area (Å²) in [4.78, 5) is 11.8. The summed E-state index contributed by atoms with van der Waals surface area (Å²) in [5, 5.41) is 4.60. The van der Waals surface area contributed by atoms with Gasteiger partial charge in [-0.3, -0.25) is 4.79 Å². The van der Waals surface area contributed by atoms with Crippen molar-refractivity contribution in [1.29, 1.82) is 0 Å². The molecule has 0 spiro atoms. The zero-order valence-corrected chi connectivity index (χ0v) is 12.4. The Morgan fingerprint density at radius 3 is 2.79 bits per heavy atom. The van der Waals surface area contributed by atoms with Crippen LogP contribution in [0.4, 0.5) is 0 Å². The van der Waals surface area contributed by atoms with Gasteiger partial charge in [-0.05, 0) is 51.0 Å². The largest absolute Gasteiger partial charge is 0.481 e. The second-order valence-corrected chi connectivity index (χ2v) is 4.78. The van der Waals surface area contributed by atoms with E-state index in [1.165, 1.54) is 0 Å². The molecule has 4 nitrogen and oxygen atoms in total. The zero-order valence-electron chi connectivity index (χ0n) is 11.7. The van der Waals surface area contributed by atoms with E-state index in [1.54, 1.807) is 25.1 Å². The minimum Gasteiger partial charge on any atom is -0.481 e. The quantitative estimate of drug-likeness (QED) is 0.665. The van der Waals surface area contributed by atoms with Crippen LogP contribution < -0.4 is 10.2 Å². The first-order valence-corrected chi connectivity index (χ1v) is 6.57. The number of hydrogen-bond acceptors (Lipinski definition) is 3. The third kappa shape index (κ3) is 4.91. The first-order valence-electron chi connectivity index (χ1n) is 6.19. The highest BCUT2D eigenvalue weighted by Crippen LogP contribution is 2.22. The van der Waals surface area contributed by atoms with Crippen LogP contribution in [0.5, 0.6) is 5.75 Å². The number of nitrogens with zero attached hydrogens (tertiary/aromatic N) is 1. The van der Waals surface area contributed by atoms with Crippen LogP contribution in [0, 0.1) is 6.92 Å². The van der Waals surface area contributed by atoms with Crippen molar-refractivity contribution in [3.8, 4) is 5.75 Å². The van der Waals surface area contributed by atoms with Crippen LogP contribution in [0.1, 0.15) is 32.8 Å². The van der Waals surface area contributed by atoms with Crippen LogP contribution in [0.25, 0.3) is 0 Å². The monoisotopic (exact) mass is 282 g/mol. The van der Waals surface area contributed by atoms with Crippen LogP contribution >= 0.6 is 11.6 Å². The Balaban J connectivity index is 2.63. The molecule has 1 amide bonds. The molecule has 0 radical (unpaired) electrons. The van der Waals surface area contributed by atoms with Crippen molar-refractivity contribution < 1.29 is 9.53 Å². The fraction of sp³-hybridized carbons (Fsp3) is 0.429. The van der Waals surface area contributed by atoms with Crippen molar-refractivity contribution in [2.75, 3.05) is 0 Å². The summed E-state index contributed by atoms with van der Waals surface area (Å²) in [6, 6.07) is 5.27. The first-order chi connectivity index (χ1) is 8.93. The van der Waals surface area contributed by atoms with E-state index in [0.29, 0.717) is 10.8 Å². The SMILES string of the molecule is CC/C(C)=N\NC(=O)[C@@H](C)Oc1ccc(Cl)cc1C. The molecule has 1 N–H and O–H groups in total. The van der Waals surface area contributed by atoms with Crippen molar-refractivity contribution in [2.24, 2.45) is 5.10 Å². The molecular weight excluding hydrogens is 264 g/mol. The number of halogens is 1. The van der Waals surface area contributed by atoms with E-state index in [2.05, 4.69) is 10.5 Å². The highest BCUT2D eigenvalue weighted by atomic mass is 35.5. The molecule has 0 unspecified atom stereocenters. The maximum Gasteiger partial charge on any atom is 0.280 e. The summed E-state index contributed by atoms with van der Waals surface area (Å²) in [6.45, 7) is 7.39. The third-order valence-electron chi connectivity index (χ3n) is 2.68. The van der Waals surface area contributed by atoms with Crippen LogP contribution in [-0.2, 0) is 4.79 Å². The lowest BCUT2D eigenvalue weighted by molar-refractivity contribution is -0.127. The number of carbonyl (C=O) groups is 1. The van der Waals surface area contributed by atoms with Gasteiger partial charge < -0.3 is 4.74 Å². The molecule has 1 aromatic carbocycles. The summed E-state index contributed by atoms with van der Waals surface area (Å²) in [5.41, 5.74) is 4.24. The van der Waals surface area contributed by atoms with E-state index in [-0.39, 0.29) is 5.91 Å². The number of nitrogens with one attached hydrogen (secondary N) is 1. The van der Waals surface area contributed by atoms with Crippen molar-refractivity contribution in [2.45, 2.75) is 40.2 Å². The highest BCUT2D eigenvalue weighted by molar-refractivity contribution is 6.30. The Bertz CT molecular complexity index is 486. The Morgan fingerprint density at radius 1 is 1.53 bits per heavy atom. The fourth-order valence-electron chi connectivity index (χ4n) is 1.31. The lowest BCUT2D eigenvalue weighted by Gasteiger charge is -2.15. The Labute approximate surface area is 118 Å². The number of aryl methyl sites for hydroxylation is 1. The molecule has 0 fully saturated rings. The van der Waals surface area contributed by atoms with Gasteiger partial charge in [0.1, 0.15) is 5.75 Å². The molecule has 5 heteroatoms. The molecule has 0 aromatic heterocycles. The second kappa shape index (κ2) is 7.14. The Kier molecular flexibility index (Phi) is 5.83. The number of carbonyl (C=O) groups excluding carboxylic acids is 1. The fourth-order valence-corrected chi connectivity index (χ4v) is 1.54. The summed E-state index contributed by atoms with van der Waals surface area (Å²) in [6.07, 6.45) is 0.180. The van der Waals surface area contributed by atoms with Gasteiger partial charge in [0.05, 0.1) is 0 Å². The maximum atomic E-state index is 11.8. The molecule has 0 aliphatic rings. The minimum absolute atomic E-state index is 0.276. The van der Waals surface area contributed by atoms with Gasteiger partial charge in [0.15, 0.2) is 6.10 Å². The summed E-state index contributed by atoms with van der Waals surface area (Å²) in [7, 11) is 0. The van der Waals surface area contributed by atoms with Crippen LogP contribution in [0.3, 0.4) is 0 Å². The van der Waals surface area contributed by atoms with Gasteiger partial charge in [0, 0.05) is 10.7 Å². The van der Waals surface area contributed by atoms with Gasteiger partial charge in [0.2, 0.25) is 0 Å². The molecule has 0 aliphatic heterocycles. The zero-order chi connectivity index (χ0) is 14.4. The average Bonchev–Trinajstić information content (AvgIpc) is 2.38. The Morgan fingerprint density at radius 2 is 2.21 bits per heavy atom. The topological polar surface area (TPSA) is 50.7 Å². The normalized spacial score (nSPS) is 13.0. The molecular formula is C14H19ClN2O2. The third-order valence-corrected chi connectivity index (χ3v) is 2.91. The molecule has 0 aliphatic carbocycles. The van der Waals surface area contributed by atoms with Gasteiger partial charge in [-0.2, -0.15) is 5.10 Å². The van der Waals surface area contributed by atoms with Gasteiger partial charge in [-0.25, -0.2) is 5.43 Å². The maximum absolute atomic E-state index is 11.8. The summed E-state index contributed by atoms with van der Waals surface area (Å²) in [5.74, 6) is 0.366. The second-order valence-electron chi connectivity index (χ2n) is 4.35. The van der Waals surface area contributed by atoms with Crippen molar-refractivity contribution in [3.63, 3.8) is 0 Å². The molecule has 19 heavy (non-hydrogen) atoms. The number of hydrazone groups is 1. The van der Waals surface area contributed by atoms with Crippen molar-refractivity contribution in [1.82, 2.24) is 5.43 Å². The van der Waals surface area contributed by atoms with E-state index in [0.717, 1.165) is 17.7 Å². The molecule has 104 valence electrons. The van der Waals surface area contributed by atoms with E-state index in [4.69, 9.17) is 16.3 Å². The molecule has 0 saturated heterocycles. The van der Waals surface area contributed by atoms with Gasteiger partial charge >= 0.3 is 0 Å². The minimum atomic E-state index is -0.617. The number of ether oxygens (including phenoxy) is 1. The number of amides is 1. The Hall–Kier alpha value is -1.55. The van der Waals surface area contributed by atoms with Crippen LogP contribution in [0.2, 0.25) is 5.02 Å². The molecule has 0 heterocycles. The summed E-state index contributed by atoms with van der Waals surface area (Å²) < 4.78 is 5.59. The smallest absolute Gasteiger partial charge is 0.280 e. The lowest BCUT2D eigenvalue weighted by atomic mass is 10.2. The molecule has 1 rings (SSSR count). The number of benzene rings is 1. The van der Waals surface area contributed by atoms with Crippen molar-refractivity contribution >= 4 is 23.2 Å². The molecule has 1 atom stereocenters. The number of rotatable bonds is 5. The van der Waals surface area contributed by atoms with E-state index < -0.39 is 6.10 Å². The van der Waals surface area contributed by atoms with E-state index in [9.17, 15) is 4.79 Å². The van der Waals surface area contributed by atoms with Gasteiger partial charge in [0.25, 0.3) is 5.91 Å². The first kappa shape index (κ1) is 15.5. The van der Waals surface area contributed by atoms with Crippen molar-refractivity contribution in [3.05, 3.63) is 28.8 Å². The van der Waals surface area contributed by atoms with Crippen LogP contribution in [-0.4, -0.2) is 17.7 Å². The van der Waals surface area contributed by atoms with Gasteiger partial charge in [-0.15, -0.1) is 0 Å². The molecule has 1 aromatic rings. The highest BCUT2D eigenvalue weighted by Gasteiger charge is 2.15. The lowest BCUT2D eigenvalue weighted by Crippen LogP contribution is -2.34. The molecule has 0 bridgehead atoms. The predicted molar refractivity (Wildman–Crippen MR) is 77.8 cm³/mol. The summed E-state index contributed by atoms with van der Waals surface area (Å²) >= 11 is 5.86. The molecule has 0 saturated carbocycles.